The summed E-state index contributed by atoms with van der Waals surface area (Å²) in [6, 6.07) is 7.36. The Labute approximate surface area is 141 Å². The van der Waals surface area contributed by atoms with E-state index in [1.54, 1.807) is 7.11 Å². The number of amides is 3. The number of carbonyl (C=O) groups excluding carboxylic acids is 3. The number of hydrogen-bond donors (Lipinski definition) is 1. The Balaban J connectivity index is 1.54. The van der Waals surface area contributed by atoms with Crippen molar-refractivity contribution in [1.29, 1.82) is 0 Å². The Kier molecular flexibility index (Phi) is 4.83. The molecule has 6 heteroatoms. The molecule has 3 amide bonds. The predicted molar refractivity (Wildman–Crippen MR) is 87.0 cm³/mol. The van der Waals surface area contributed by atoms with E-state index in [0.717, 1.165) is 41.9 Å². The fourth-order valence-corrected chi connectivity index (χ4v) is 3.53. The van der Waals surface area contributed by atoms with Crippen molar-refractivity contribution in [3.63, 3.8) is 0 Å². The highest BCUT2D eigenvalue weighted by Crippen LogP contribution is 2.37. The molecule has 24 heavy (non-hydrogen) atoms. The molecule has 1 aromatic rings. The van der Waals surface area contributed by atoms with Crippen LogP contribution in [0.2, 0.25) is 0 Å². The molecular weight excluding hydrogens is 308 g/mol. The molecule has 1 aliphatic heterocycles. The summed E-state index contributed by atoms with van der Waals surface area (Å²) in [6.07, 6.45) is 3.49. The molecule has 128 valence electrons. The molecule has 1 aromatic carbocycles. The molecule has 2 aliphatic rings. The highest BCUT2D eigenvalue weighted by Gasteiger charge is 2.48. The quantitative estimate of drug-likeness (QED) is 0.830. The maximum atomic E-state index is 12.3. The number of imide groups is 1. The summed E-state index contributed by atoms with van der Waals surface area (Å²) in [7, 11) is 1.60. The van der Waals surface area contributed by atoms with Crippen molar-refractivity contribution in [3.8, 4) is 5.75 Å². The monoisotopic (exact) mass is 330 g/mol. The fraction of sp³-hybridized carbons (Fsp3) is 0.500. The number of nitrogens with one attached hydrogen (secondary N) is 1. The van der Waals surface area contributed by atoms with Gasteiger partial charge in [0.2, 0.25) is 17.7 Å². The number of methoxy groups -OCH3 is 1. The molecule has 0 spiro atoms. The molecule has 1 N–H and O–H groups in total. The van der Waals surface area contributed by atoms with Gasteiger partial charge in [0.1, 0.15) is 12.3 Å². The minimum absolute atomic E-state index is 0.177. The number of hydrogen-bond acceptors (Lipinski definition) is 4. The first-order valence-electron chi connectivity index (χ1n) is 8.35. The van der Waals surface area contributed by atoms with Crippen LogP contribution in [0.15, 0.2) is 24.3 Å². The molecule has 0 bridgehead atoms. The largest absolute Gasteiger partial charge is 0.497 e. The lowest BCUT2D eigenvalue weighted by Gasteiger charge is -2.19. The van der Waals surface area contributed by atoms with Crippen LogP contribution in [0.5, 0.6) is 5.75 Å². The Morgan fingerprint density at radius 1 is 1.12 bits per heavy atom. The summed E-state index contributed by atoms with van der Waals surface area (Å²) in [5.74, 6) is -0.332. The standard InChI is InChI=1S/C18H22N2O4/c1-24-13-8-6-12(7-9-13)10-19-16(21)11-20-17(22)14-4-2-3-5-15(14)18(20)23/h6-9,14-15H,2-5,10-11H2,1H3,(H,19,21). The summed E-state index contributed by atoms with van der Waals surface area (Å²) in [4.78, 5) is 37.9. The van der Waals surface area contributed by atoms with Crippen LogP contribution in [-0.4, -0.2) is 36.3 Å². The zero-order valence-electron chi connectivity index (χ0n) is 13.8. The van der Waals surface area contributed by atoms with Crippen LogP contribution < -0.4 is 10.1 Å². The highest BCUT2D eigenvalue weighted by molar-refractivity contribution is 6.07. The second-order valence-electron chi connectivity index (χ2n) is 6.38. The molecule has 0 radical (unpaired) electrons. The van der Waals surface area contributed by atoms with E-state index in [-0.39, 0.29) is 36.1 Å². The third-order valence-electron chi connectivity index (χ3n) is 4.88. The van der Waals surface area contributed by atoms with Crippen LogP contribution in [-0.2, 0) is 20.9 Å². The molecule has 3 rings (SSSR count). The smallest absolute Gasteiger partial charge is 0.240 e. The molecule has 2 unspecified atom stereocenters. The van der Waals surface area contributed by atoms with Gasteiger partial charge >= 0.3 is 0 Å². The zero-order valence-corrected chi connectivity index (χ0v) is 13.8. The predicted octanol–water partition coefficient (Wildman–Crippen LogP) is 1.49. The molecule has 0 aromatic heterocycles. The van der Waals surface area contributed by atoms with E-state index in [9.17, 15) is 14.4 Å². The van der Waals surface area contributed by atoms with Gasteiger partial charge in [-0.25, -0.2) is 0 Å². The second-order valence-corrected chi connectivity index (χ2v) is 6.38. The molecule has 1 saturated carbocycles. The number of fused-ring (bicyclic) bond motifs is 1. The van der Waals surface area contributed by atoms with Crippen molar-refractivity contribution in [2.45, 2.75) is 32.2 Å². The minimum atomic E-state index is -0.314. The Morgan fingerprint density at radius 3 is 2.25 bits per heavy atom. The van der Waals surface area contributed by atoms with Gasteiger partial charge in [-0.1, -0.05) is 25.0 Å². The van der Waals surface area contributed by atoms with Crippen molar-refractivity contribution in [1.82, 2.24) is 10.2 Å². The first-order valence-corrected chi connectivity index (χ1v) is 8.35. The number of ether oxygens (including phenoxy) is 1. The molecule has 1 saturated heterocycles. The van der Waals surface area contributed by atoms with E-state index in [0.29, 0.717) is 6.54 Å². The third kappa shape index (κ3) is 3.27. The Hall–Kier alpha value is -2.37. The summed E-state index contributed by atoms with van der Waals surface area (Å²) in [5, 5.41) is 2.76. The van der Waals surface area contributed by atoms with E-state index in [2.05, 4.69) is 5.32 Å². The molecular formula is C18H22N2O4. The van der Waals surface area contributed by atoms with E-state index >= 15 is 0 Å². The lowest BCUT2D eigenvalue weighted by atomic mass is 9.81. The van der Waals surface area contributed by atoms with Gasteiger partial charge < -0.3 is 10.1 Å². The van der Waals surface area contributed by atoms with Gasteiger partial charge in [0.15, 0.2) is 0 Å². The third-order valence-corrected chi connectivity index (χ3v) is 4.88. The van der Waals surface area contributed by atoms with Crippen molar-refractivity contribution >= 4 is 17.7 Å². The van der Waals surface area contributed by atoms with Crippen LogP contribution in [0, 0.1) is 11.8 Å². The molecule has 1 aliphatic carbocycles. The van der Waals surface area contributed by atoms with E-state index in [4.69, 9.17) is 4.74 Å². The summed E-state index contributed by atoms with van der Waals surface area (Å²) in [6.45, 7) is 0.173. The lowest BCUT2D eigenvalue weighted by Crippen LogP contribution is -2.40. The van der Waals surface area contributed by atoms with Crippen LogP contribution in [0.3, 0.4) is 0 Å². The van der Waals surface area contributed by atoms with Crippen molar-refractivity contribution in [2.75, 3.05) is 13.7 Å². The Bertz CT molecular complexity index is 617. The van der Waals surface area contributed by atoms with Gasteiger partial charge in [0.25, 0.3) is 0 Å². The first-order chi connectivity index (χ1) is 11.6. The maximum absolute atomic E-state index is 12.3. The van der Waals surface area contributed by atoms with Gasteiger partial charge in [0.05, 0.1) is 18.9 Å². The van der Waals surface area contributed by atoms with Gasteiger partial charge in [-0.15, -0.1) is 0 Å². The van der Waals surface area contributed by atoms with Gasteiger partial charge in [-0.05, 0) is 30.5 Å². The van der Waals surface area contributed by atoms with Gasteiger partial charge in [-0.2, -0.15) is 0 Å². The van der Waals surface area contributed by atoms with E-state index in [1.165, 1.54) is 0 Å². The molecule has 2 fully saturated rings. The van der Waals surface area contributed by atoms with Crippen molar-refractivity contribution in [2.24, 2.45) is 11.8 Å². The van der Waals surface area contributed by atoms with Crippen LogP contribution in [0.1, 0.15) is 31.2 Å². The van der Waals surface area contributed by atoms with Gasteiger partial charge in [0, 0.05) is 6.54 Å². The summed E-state index contributed by atoms with van der Waals surface area (Å²) >= 11 is 0. The Morgan fingerprint density at radius 2 is 1.71 bits per heavy atom. The minimum Gasteiger partial charge on any atom is -0.497 e. The first kappa shape index (κ1) is 16.5. The molecule has 2 atom stereocenters. The molecule has 1 heterocycles. The number of nitrogens with zero attached hydrogens (tertiary/aromatic N) is 1. The number of carbonyl (C=O) groups is 3. The number of benzene rings is 1. The van der Waals surface area contributed by atoms with Crippen molar-refractivity contribution < 1.29 is 19.1 Å². The number of rotatable bonds is 5. The zero-order chi connectivity index (χ0) is 17.1. The van der Waals surface area contributed by atoms with Crippen LogP contribution >= 0.6 is 0 Å². The van der Waals surface area contributed by atoms with Gasteiger partial charge in [-0.3, -0.25) is 19.3 Å². The van der Waals surface area contributed by atoms with Crippen LogP contribution in [0.25, 0.3) is 0 Å². The SMILES string of the molecule is COc1ccc(CNC(=O)CN2C(=O)C3CCCCC3C2=O)cc1. The lowest BCUT2D eigenvalue weighted by molar-refractivity contribution is -0.143. The average molecular weight is 330 g/mol. The molecule has 6 nitrogen and oxygen atoms in total. The number of likely N-dealkylation sites (tertiary alicyclic amines) is 1. The fourth-order valence-electron chi connectivity index (χ4n) is 3.53. The van der Waals surface area contributed by atoms with E-state index in [1.807, 2.05) is 24.3 Å². The highest BCUT2D eigenvalue weighted by atomic mass is 16.5. The second kappa shape index (κ2) is 7.03. The normalized spacial score (nSPS) is 23.1. The topological polar surface area (TPSA) is 75.7 Å². The van der Waals surface area contributed by atoms with Crippen LogP contribution in [0.4, 0.5) is 0 Å². The summed E-state index contributed by atoms with van der Waals surface area (Å²) in [5.41, 5.74) is 0.928. The van der Waals surface area contributed by atoms with Crippen molar-refractivity contribution in [3.05, 3.63) is 29.8 Å². The maximum Gasteiger partial charge on any atom is 0.240 e. The van der Waals surface area contributed by atoms with E-state index < -0.39 is 0 Å². The summed E-state index contributed by atoms with van der Waals surface area (Å²) < 4.78 is 5.08. The average Bonchev–Trinajstić information content (AvgIpc) is 2.86.